The molecule has 1 aliphatic rings. The lowest BCUT2D eigenvalue weighted by atomic mass is 10.2. The van der Waals surface area contributed by atoms with Gasteiger partial charge in [0.2, 0.25) is 11.6 Å². The smallest absolute Gasteiger partial charge is 0.293 e. The van der Waals surface area contributed by atoms with Crippen LogP contribution in [-0.2, 0) is 6.54 Å². The summed E-state index contributed by atoms with van der Waals surface area (Å²) >= 11 is 5.93. The SMILES string of the molecule is Nc1nonc1-n1nnc(C(=O)N/N=C/c2cc(Cl)ccc2O)c1CN1CCCCCC1. The molecular formula is C19H22ClN9O3. The first-order chi connectivity index (χ1) is 15.5. The van der Waals surface area contributed by atoms with E-state index >= 15 is 0 Å². The molecule has 0 bridgehead atoms. The summed E-state index contributed by atoms with van der Waals surface area (Å²) < 4.78 is 6.04. The molecule has 32 heavy (non-hydrogen) atoms. The lowest BCUT2D eigenvalue weighted by Crippen LogP contribution is -2.28. The van der Waals surface area contributed by atoms with E-state index in [0.717, 1.165) is 25.9 Å². The zero-order valence-electron chi connectivity index (χ0n) is 17.1. The van der Waals surface area contributed by atoms with Crippen molar-refractivity contribution in [3.05, 3.63) is 40.2 Å². The van der Waals surface area contributed by atoms with E-state index in [1.165, 1.54) is 35.9 Å². The molecule has 168 valence electrons. The summed E-state index contributed by atoms with van der Waals surface area (Å²) in [4.78, 5) is 15.1. The number of aromatic nitrogens is 5. The van der Waals surface area contributed by atoms with Gasteiger partial charge in [-0.3, -0.25) is 9.69 Å². The molecule has 3 heterocycles. The summed E-state index contributed by atoms with van der Waals surface area (Å²) in [6.45, 7) is 2.21. The first-order valence-electron chi connectivity index (χ1n) is 10.1. The number of hydrogen-bond donors (Lipinski definition) is 3. The van der Waals surface area contributed by atoms with Crippen molar-refractivity contribution < 1.29 is 14.5 Å². The van der Waals surface area contributed by atoms with E-state index < -0.39 is 5.91 Å². The Balaban J connectivity index is 1.58. The predicted octanol–water partition coefficient (Wildman–Crippen LogP) is 1.73. The zero-order chi connectivity index (χ0) is 22.5. The van der Waals surface area contributed by atoms with Crippen molar-refractivity contribution in [1.82, 2.24) is 35.6 Å². The Labute approximate surface area is 188 Å². The average molecular weight is 460 g/mol. The van der Waals surface area contributed by atoms with Crippen LogP contribution in [0.5, 0.6) is 5.75 Å². The number of hydrogen-bond acceptors (Lipinski definition) is 10. The van der Waals surface area contributed by atoms with Gasteiger partial charge in [-0.2, -0.15) is 9.78 Å². The highest BCUT2D eigenvalue weighted by Crippen LogP contribution is 2.21. The highest BCUT2D eigenvalue weighted by atomic mass is 35.5. The van der Waals surface area contributed by atoms with Crippen molar-refractivity contribution in [2.75, 3.05) is 18.8 Å². The number of carbonyl (C=O) groups is 1. The Bertz CT molecular complexity index is 1120. The Morgan fingerprint density at radius 1 is 1.28 bits per heavy atom. The minimum atomic E-state index is -0.575. The van der Waals surface area contributed by atoms with Gasteiger partial charge in [0.25, 0.3) is 5.91 Å². The minimum absolute atomic E-state index is 0.0193. The summed E-state index contributed by atoms with van der Waals surface area (Å²) in [5, 5.41) is 29.6. The second-order valence-corrected chi connectivity index (χ2v) is 7.80. The maximum absolute atomic E-state index is 12.8. The molecule has 4 rings (SSSR count). The van der Waals surface area contributed by atoms with E-state index in [2.05, 4.69) is 40.7 Å². The van der Waals surface area contributed by atoms with Crippen LogP contribution in [0, 0.1) is 0 Å². The predicted molar refractivity (Wildman–Crippen MR) is 116 cm³/mol. The van der Waals surface area contributed by atoms with E-state index in [4.69, 9.17) is 17.3 Å². The molecule has 1 aliphatic heterocycles. The maximum atomic E-state index is 12.8. The van der Waals surface area contributed by atoms with Crippen LogP contribution < -0.4 is 11.2 Å². The van der Waals surface area contributed by atoms with Crippen molar-refractivity contribution in [2.24, 2.45) is 5.10 Å². The number of nitrogens with one attached hydrogen (secondary N) is 1. The van der Waals surface area contributed by atoms with Gasteiger partial charge in [0.15, 0.2) is 5.69 Å². The van der Waals surface area contributed by atoms with Gasteiger partial charge in [-0.05, 0) is 54.4 Å². The Kier molecular flexibility index (Phi) is 6.61. The van der Waals surface area contributed by atoms with E-state index in [0.29, 0.717) is 22.8 Å². The normalized spacial score (nSPS) is 15.2. The first-order valence-corrected chi connectivity index (χ1v) is 10.5. The van der Waals surface area contributed by atoms with Gasteiger partial charge in [0.05, 0.1) is 11.9 Å². The van der Waals surface area contributed by atoms with Crippen LogP contribution in [0.4, 0.5) is 5.82 Å². The zero-order valence-corrected chi connectivity index (χ0v) is 17.9. The fraction of sp³-hybridized carbons (Fsp3) is 0.368. The third kappa shape index (κ3) is 4.86. The molecule has 1 saturated heterocycles. The van der Waals surface area contributed by atoms with Gasteiger partial charge in [-0.15, -0.1) is 5.10 Å². The lowest BCUT2D eigenvalue weighted by Gasteiger charge is -2.20. The molecule has 1 fully saturated rings. The number of amides is 1. The van der Waals surface area contributed by atoms with Gasteiger partial charge < -0.3 is 10.8 Å². The van der Waals surface area contributed by atoms with Crippen LogP contribution in [0.25, 0.3) is 5.82 Å². The first kappa shape index (κ1) is 21.7. The number of benzene rings is 1. The molecule has 3 aromatic rings. The van der Waals surface area contributed by atoms with Crippen molar-refractivity contribution in [3.63, 3.8) is 0 Å². The van der Waals surface area contributed by atoms with Crippen molar-refractivity contribution in [1.29, 1.82) is 0 Å². The Morgan fingerprint density at radius 2 is 2.06 bits per heavy atom. The Hall–Kier alpha value is -3.51. The molecule has 0 spiro atoms. The number of phenols is 1. The van der Waals surface area contributed by atoms with E-state index in [-0.39, 0.29) is 23.1 Å². The summed E-state index contributed by atoms with van der Waals surface area (Å²) in [6, 6.07) is 4.51. The largest absolute Gasteiger partial charge is 0.507 e. The molecule has 0 saturated carbocycles. The second-order valence-electron chi connectivity index (χ2n) is 7.36. The third-order valence-electron chi connectivity index (χ3n) is 5.11. The second kappa shape index (κ2) is 9.75. The summed E-state index contributed by atoms with van der Waals surface area (Å²) in [5.41, 5.74) is 9.16. The molecular weight excluding hydrogens is 438 g/mol. The lowest BCUT2D eigenvalue weighted by molar-refractivity contribution is 0.0947. The number of nitrogens with two attached hydrogens (primary N) is 1. The summed E-state index contributed by atoms with van der Waals surface area (Å²) in [5.74, 6) is -0.398. The standard InChI is InChI=1S/C19H22ClN9O3/c20-13-5-6-15(30)12(9-13)10-22-24-19(31)16-14(11-28-7-3-1-2-4-8-28)29(27-23-16)18-17(21)25-32-26-18/h5-6,9-10,30H,1-4,7-8,11H2,(H2,21,25)(H,24,31)/b22-10+. The molecule has 0 aliphatic carbocycles. The van der Waals surface area contributed by atoms with Crippen molar-refractivity contribution >= 4 is 29.5 Å². The molecule has 2 aromatic heterocycles. The highest BCUT2D eigenvalue weighted by Gasteiger charge is 2.25. The minimum Gasteiger partial charge on any atom is -0.507 e. The van der Waals surface area contributed by atoms with Crippen molar-refractivity contribution in [3.8, 4) is 11.6 Å². The number of halogens is 1. The number of likely N-dealkylation sites (tertiary alicyclic amines) is 1. The van der Waals surface area contributed by atoms with Crippen LogP contribution in [0.2, 0.25) is 5.02 Å². The van der Waals surface area contributed by atoms with Gasteiger partial charge >= 0.3 is 0 Å². The monoisotopic (exact) mass is 459 g/mol. The topological polar surface area (TPSA) is 161 Å². The van der Waals surface area contributed by atoms with Gasteiger partial charge in [-0.25, -0.2) is 10.1 Å². The molecule has 12 nitrogen and oxygen atoms in total. The molecule has 1 amide bonds. The number of anilines is 1. The highest BCUT2D eigenvalue weighted by molar-refractivity contribution is 6.30. The number of carbonyl (C=O) groups excluding carboxylic acids is 1. The number of hydrazone groups is 1. The molecule has 4 N–H and O–H groups in total. The maximum Gasteiger partial charge on any atom is 0.293 e. The van der Waals surface area contributed by atoms with Crippen LogP contribution in [0.1, 0.15) is 47.4 Å². The molecule has 0 radical (unpaired) electrons. The Morgan fingerprint density at radius 3 is 2.78 bits per heavy atom. The molecule has 0 unspecified atom stereocenters. The number of nitrogen functional groups attached to an aromatic ring is 1. The fourth-order valence-corrected chi connectivity index (χ4v) is 3.66. The molecule has 1 aromatic carbocycles. The average Bonchev–Trinajstić information content (AvgIpc) is 3.28. The fourth-order valence-electron chi connectivity index (χ4n) is 3.48. The van der Waals surface area contributed by atoms with E-state index in [9.17, 15) is 9.90 Å². The number of aromatic hydroxyl groups is 1. The van der Waals surface area contributed by atoms with E-state index in [1.807, 2.05) is 0 Å². The van der Waals surface area contributed by atoms with Crippen LogP contribution in [0.3, 0.4) is 0 Å². The number of nitrogens with zero attached hydrogens (tertiary/aromatic N) is 7. The number of phenolic OH excluding ortho intramolecular Hbond substituents is 1. The van der Waals surface area contributed by atoms with Crippen molar-refractivity contribution in [2.45, 2.75) is 32.2 Å². The van der Waals surface area contributed by atoms with Gasteiger partial charge in [0.1, 0.15) is 5.75 Å². The summed E-state index contributed by atoms with van der Waals surface area (Å²) in [6.07, 6.45) is 5.78. The van der Waals surface area contributed by atoms with E-state index in [1.54, 1.807) is 6.07 Å². The van der Waals surface area contributed by atoms with Gasteiger partial charge in [0, 0.05) is 17.1 Å². The third-order valence-corrected chi connectivity index (χ3v) is 5.34. The number of rotatable bonds is 6. The van der Waals surface area contributed by atoms with Crippen LogP contribution in [-0.4, -0.2) is 60.5 Å². The molecule has 13 heteroatoms. The van der Waals surface area contributed by atoms with Gasteiger partial charge in [-0.1, -0.05) is 29.7 Å². The van der Waals surface area contributed by atoms with Crippen LogP contribution in [0.15, 0.2) is 27.9 Å². The molecule has 0 atom stereocenters. The quantitative estimate of drug-likeness (QED) is 0.368. The summed E-state index contributed by atoms with van der Waals surface area (Å²) in [7, 11) is 0. The van der Waals surface area contributed by atoms with Crippen LogP contribution >= 0.6 is 11.6 Å².